The average molecular weight is 406 g/mol. The third kappa shape index (κ3) is 3.93. The van der Waals surface area contributed by atoms with E-state index in [1.54, 1.807) is 17.8 Å². The quantitative estimate of drug-likeness (QED) is 0.618. The first-order valence-corrected chi connectivity index (χ1v) is 10.5. The van der Waals surface area contributed by atoms with E-state index in [1.165, 1.54) is 5.56 Å². The highest BCUT2D eigenvalue weighted by molar-refractivity contribution is 8.00. The Bertz CT molecular complexity index is 1040. The van der Waals surface area contributed by atoms with Crippen molar-refractivity contribution >= 4 is 23.5 Å². The molecule has 1 unspecified atom stereocenters. The summed E-state index contributed by atoms with van der Waals surface area (Å²) in [5.41, 5.74) is 5.18. The highest BCUT2D eigenvalue weighted by atomic mass is 32.2. The van der Waals surface area contributed by atoms with E-state index in [9.17, 15) is 4.79 Å². The van der Waals surface area contributed by atoms with E-state index in [0.717, 1.165) is 34.1 Å². The summed E-state index contributed by atoms with van der Waals surface area (Å²) in [6, 6.07) is 16.2. The van der Waals surface area contributed by atoms with E-state index in [4.69, 9.17) is 9.84 Å². The van der Waals surface area contributed by atoms with Gasteiger partial charge in [0.15, 0.2) is 0 Å². The van der Waals surface area contributed by atoms with Crippen molar-refractivity contribution in [2.75, 3.05) is 17.7 Å². The van der Waals surface area contributed by atoms with Crippen LogP contribution in [0.3, 0.4) is 0 Å². The highest BCUT2D eigenvalue weighted by Crippen LogP contribution is 2.44. The second-order valence-corrected chi connectivity index (χ2v) is 8.10. The smallest absolute Gasteiger partial charge is 0.235 e. The van der Waals surface area contributed by atoms with Crippen molar-refractivity contribution in [3.8, 4) is 11.4 Å². The fourth-order valence-electron chi connectivity index (χ4n) is 3.41. The van der Waals surface area contributed by atoms with Gasteiger partial charge in [-0.3, -0.25) is 4.79 Å². The second-order valence-electron chi connectivity index (χ2n) is 7.00. The molecule has 4 rings (SSSR count). The molecule has 29 heavy (non-hydrogen) atoms. The Balaban J connectivity index is 1.76. The van der Waals surface area contributed by atoms with E-state index >= 15 is 0 Å². The van der Waals surface area contributed by atoms with Gasteiger partial charge in [-0.05, 0) is 43.7 Å². The van der Waals surface area contributed by atoms with E-state index < -0.39 is 0 Å². The number of fused-ring (bicyclic) bond motifs is 1. The lowest BCUT2D eigenvalue weighted by atomic mass is 10.0. The number of anilines is 1. The molecule has 0 spiro atoms. The van der Waals surface area contributed by atoms with Crippen LogP contribution in [0.2, 0.25) is 0 Å². The molecule has 2 heterocycles. The molecule has 6 heteroatoms. The van der Waals surface area contributed by atoms with Crippen molar-refractivity contribution in [2.45, 2.75) is 19.1 Å². The van der Waals surface area contributed by atoms with Gasteiger partial charge in [-0.1, -0.05) is 42.5 Å². The molecule has 148 valence electrons. The Hall–Kier alpha value is -2.99. The number of rotatable bonds is 5. The fraction of sp³-hybridized carbons (Fsp3) is 0.217. The number of amides is 1. The minimum atomic E-state index is -0.0158. The summed E-state index contributed by atoms with van der Waals surface area (Å²) >= 11 is 1.61. The number of carbonyl (C=O) groups excluding carboxylic acids is 1. The van der Waals surface area contributed by atoms with Crippen LogP contribution < -0.4 is 10.1 Å². The van der Waals surface area contributed by atoms with Crippen LogP contribution in [0.4, 0.5) is 5.82 Å². The number of ether oxygens (including phenoxy) is 1. The minimum Gasteiger partial charge on any atom is -0.490 e. The molecule has 0 radical (unpaired) electrons. The standard InChI is InChI=1S/C23H23N3O2S/c1-4-13-28-19-11-7-17(8-12-19)22-21-16(3)25-26(18-9-5-15(2)6-10-18)23(21)24-20(27)14-29-22/h4-12,22H,1,13-14H2,2-3H3,(H,24,27). The summed E-state index contributed by atoms with van der Waals surface area (Å²) in [6.45, 7) is 8.20. The molecule has 1 aliphatic heterocycles. The van der Waals surface area contributed by atoms with Crippen LogP contribution in [-0.2, 0) is 4.79 Å². The molecule has 1 aliphatic rings. The van der Waals surface area contributed by atoms with E-state index in [2.05, 4.69) is 31.0 Å². The van der Waals surface area contributed by atoms with Crippen molar-refractivity contribution in [1.29, 1.82) is 0 Å². The maximum Gasteiger partial charge on any atom is 0.235 e. The van der Waals surface area contributed by atoms with E-state index in [-0.39, 0.29) is 11.2 Å². The second kappa shape index (κ2) is 8.17. The molecule has 0 bridgehead atoms. The van der Waals surface area contributed by atoms with Crippen molar-refractivity contribution in [3.05, 3.63) is 83.6 Å². The third-order valence-corrected chi connectivity index (χ3v) is 6.11. The average Bonchev–Trinajstić information content (AvgIpc) is 2.93. The number of nitrogens with one attached hydrogen (secondary N) is 1. The van der Waals surface area contributed by atoms with E-state index in [1.807, 2.05) is 48.0 Å². The first-order valence-electron chi connectivity index (χ1n) is 9.48. The molecule has 3 aromatic rings. The monoisotopic (exact) mass is 405 g/mol. The van der Waals surface area contributed by atoms with Gasteiger partial charge in [-0.15, -0.1) is 11.8 Å². The third-order valence-electron chi connectivity index (χ3n) is 4.84. The number of hydrogen-bond acceptors (Lipinski definition) is 4. The summed E-state index contributed by atoms with van der Waals surface area (Å²) in [7, 11) is 0. The fourth-order valence-corrected chi connectivity index (χ4v) is 4.60. The number of aromatic nitrogens is 2. The lowest BCUT2D eigenvalue weighted by Gasteiger charge is -2.16. The maximum atomic E-state index is 12.4. The number of thioether (sulfide) groups is 1. The lowest BCUT2D eigenvalue weighted by Crippen LogP contribution is -2.15. The number of carbonyl (C=O) groups is 1. The van der Waals surface area contributed by atoms with Crippen LogP contribution >= 0.6 is 11.8 Å². The Morgan fingerprint density at radius 3 is 2.62 bits per heavy atom. The summed E-state index contributed by atoms with van der Waals surface area (Å²) < 4.78 is 7.43. The highest BCUT2D eigenvalue weighted by Gasteiger charge is 2.30. The maximum absolute atomic E-state index is 12.4. The van der Waals surface area contributed by atoms with Gasteiger partial charge in [0.1, 0.15) is 18.2 Å². The van der Waals surface area contributed by atoms with Gasteiger partial charge < -0.3 is 10.1 Å². The van der Waals surface area contributed by atoms with E-state index in [0.29, 0.717) is 12.4 Å². The Kier molecular flexibility index (Phi) is 5.45. The predicted molar refractivity (Wildman–Crippen MR) is 118 cm³/mol. The number of nitrogens with zero attached hydrogens (tertiary/aromatic N) is 2. The van der Waals surface area contributed by atoms with Gasteiger partial charge in [0.05, 0.1) is 22.4 Å². The molecular weight excluding hydrogens is 382 g/mol. The molecule has 0 saturated carbocycles. The number of benzene rings is 2. The lowest BCUT2D eigenvalue weighted by molar-refractivity contribution is -0.113. The van der Waals surface area contributed by atoms with Crippen molar-refractivity contribution in [2.24, 2.45) is 0 Å². The molecular formula is C23H23N3O2S. The van der Waals surface area contributed by atoms with Crippen LogP contribution in [0.5, 0.6) is 5.75 Å². The summed E-state index contributed by atoms with van der Waals surface area (Å²) in [6.07, 6.45) is 1.72. The summed E-state index contributed by atoms with van der Waals surface area (Å²) in [5, 5.41) is 7.83. The molecule has 1 atom stereocenters. The summed E-state index contributed by atoms with van der Waals surface area (Å²) in [5.74, 6) is 1.92. The molecule has 2 aromatic carbocycles. The molecule has 0 aliphatic carbocycles. The van der Waals surface area contributed by atoms with Crippen LogP contribution in [0.15, 0.2) is 61.2 Å². The molecule has 1 aromatic heterocycles. The van der Waals surface area contributed by atoms with Crippen molar-refractivity contribution < 1.29 is 9.53 Å². The van der Waals surface area contributed by atoms with Crippen LogP contribution in [-0.4, -0.2) is 28.0 Å². The van der Waals surface area contributed by atoms with Gasteiger partial charge in [0.25, 0.3) is 0 Å². The SMILES string of the molecule is C=CCOc1ccc(C2SCC(=O)Nc3c2c(C)nn3-c2ccc(C)cc2)cc1. The van der Waals surface area contributed by atoms with Gasteiger partial charge in [0, 0.05) is 5.56 Å². The van der Waals surface area contributed by atoms with Crippen molar-refractivity contribution in [1.82, 2.24) is 9.78 Å². The topological polar surface area (TPSA) is 56.1 Å². The van der Waals surface area contributed by atoms with Gasteiger partial charge in [0.2, 0.25) is 5.91 Å². The zero-order valence-electron chi connectivity index (χ0n) is 16.5. The molecule has 0 saturated heterocycles. The van der Waals surface area contributed by atoms with Crippen LogP contribution in [0.25, 0.3) is 5.69 Å². The largest absolute Gasteiger partial charge is 0.490 e. The molecule has 1 amide bonds. The van der Waals surface area contributed by atoms with Crippen LogP contribution in [0.1, 0.15) is 27.6 Å². The Labute approximate surface area is 174 Å². The Morgan fingerprint density at radius 1 is 1.21 bits per heavy atom. The zero-order valence-corrected chi connectivity index (χ0v) is 17.3. The number of aryl methyl sites for hydroxylation is 2. The summed E-state index contributed by atoms with van der Waals surface area (Å²) in [4.78, 5) is 12.4. The Morgan fingerprint density at radius 2 is 1.93 bits per heavy atom. The molecule has 1 N–H and O–H groups in total. The van der Waals surface area contributed by atoms with Crippen LogP contribution in [0, 0.1) is 13.8 Å². The molecule has 0 fully saturated rings. The zero-order chi connectivity index (χ0) is 20.4. The van der Waals surface area contributed by atoms with Gasteiger partial charge >= 0.3 is 0 Å². The first-order chi connectivity index (χ1) is 14.1. The van der Waals surface area contributed by atoms with Gasteiger partial charge in [-0.25, -0.2) is 4.68 Å². The predicted octanol–water partition coefficient (Wildman–Crippen LogP) is 4.83. The minimum absolute atomic E-state index is 0.0107. The first kappa shape index (κ1) is 19.3. The number of hydrogen-bond donors (Lipinski definition) is 1. The van der Waals surface area contributed by atoms with Crippen molar-refractivity contribution in [3.63, 3.8) is 0 Å². The van der Waals surface area contributed by atoms with Gasteiger partial charge in [-0.2, -0.15) is 5.10 Å². The normalized spacial score (nSPS) is 15.9. The molecule has 5 nitrogen and oxygen atoms in total.